The molecule has 0 unspecified atom stereocenters. The van der Waals surface area contributed by atoms with E-state index in [1.165, 1.54) is 82.6 Å². The third-order valence-electron chi connectivity index (χ3n) is 9.37. The molecule has 0 aromatic heterocycles. The summed E-state index contributed by atoms with van der Waals surface area (Å²) in [5.41, 5.74) is 2.25. The molecule has 3 aliphatic carbocycles. The van der Waals surface area contributed by atoms with Gasteiger partial charge >= 0.3 is 0 Å². The van der Waals surface area contributed by atoms with Crippen LogP contribution in [0.3, 0.4) is 0 Å². The van der Waals surface area contributed by atoms with Crippen molar-refractivity contribution in [1.82, 2.24) is 0 Å². The molecule has 3 saturated carbocycles. The van der Waals surface area contributed by atoms with Crippen molar-refractivity contribution in [2.75, 3.05) is 0 Å². The fourth-order valence-corrected chi connectivity index (χ4v) is 7.12. The van der Waals surface area contributed by atoms with E-state index in [4.69, 9.17) is 0 Å². The number of benzene rings is 1. The fraction of sp³-hybridized carbons (Fsp3) is 0.697. The first kappa shape index (κ1) is 25.7. The van der Waals surface area contributed by atoms with Crippen LogP contribution in [0.4, 0.5) is 4.39 Å². The summed E-state index contributed by atoms with van der Waals surface area (Å²) >= 11 is 0. The molecule has 3 fully saturated rings. The average molecular weight is 465 g/mol. The molecule has 0 nitrogen and oxygen atoms in total. The van der Waals surface area contributed by atoms with E-state index in [1.54, 1.807) is 0 Å². The highest BCUT2D eigenvalue weighted by atomic mass is 19.1. The van der Waals surface area contributed by atoms with Gasteiger partial charge in [0, 0.05) is 0 Å². The summed E-state index contributed by atoms with van der Waals surface area (Å²) in [7, 11) is 0. The van der Waals surface area contributed by atoms with Crippen molar-refractivity contribution in [1.29, 1.82) is 0 Å². The molecule has 1 aromatic carbocycles. The van der Waals surface area contributed by atoms with E-state index in [2.05, 4.69) is 50.3 Å². The summed E-state index contributed by atoms with van der Waals surface area (Å²) in [6, 6.07) is 6.31. The topological polar surface area (TPSA) is 0 Å². The Kier molecular flexibility index (Phi) is 9.89. The van der Waals surface area contributed by atoms with Gasteiger partial charge in [-0.3, -0.25) is 0 Å². The van der Waals surface area contributed by atoms with Crippen LogP contribution < -0.4 is 0 Å². The predicted octanol–water partition coefficient (Wildman–Crippen LogP) is 10.5. The Labute approximate surface area is 209 Å². The molecule has 3 aliphatic rings. The first-order valence-electron chi connectivity index (χ1n) is 14.8. The molecule has 0 aliphatic heterocycles. The largest absolute Gasteiger partial charge is 0.207 e. The molecule has 4 rings (SSSR count). The lowest BCUT2D eigenvalue weighted by atomic mass is 9.75. The Hall–Kier alpha value is -1.37. The van der Waals surface area contributed by atoms with Gasteiger partial charge < -0.3 is 0 Å². The van der Waals surface area contributed by atoms with Gasteiger partial charge in [-0.25, -0.2) is 4.39 Å². The van der Waals surface area contributed by atoms with Gasteiger partial charge in [0.2, 0.25) is 0 Å². The summed E-state index contributed by atoms with van der Waals surface area (Å²) < 4.78 is 15.2. The molecule has 0 N–H and O–H groups in total. The molecule has 0 atom stereocenters. The Balaban J connectivity index is 1.23. The second kappa shape index (κ2) is 13.1. The van der Waals surface area contributed by atoms with Crippen molar-refractivity contribution < 1.29 is 4.39 Å². The van der Waals surface area contributed by atoms with Gasteiger partial charge in [0.15, 0.2) is 0 Å². The second-order valence-electron chi connectivity index (χ2n) is 11.8. The second-order valence-corrected chi connectivity index (χ2v) is 11.8. The Morgan fingerprint density at radius 2 is 1.26 bits per heavy atom. The van der Waals surface area contributed by atoms with Crippen LogP contribution in [0.25, 0.3) is 0 Å². The summed E-state index contributed by atoms with van der Waals surface area (Å²) in [6.45, 7) is 4.52. The molecule has 0 amide bonds. The number of hydrogen-bond acceptors (Lipinski definition) is 0. The normalized spacial score (nSPS) is 33.0. The highest BCUT2D eigenvalue weighted by Gasteiger charge is 2.26. The molecule has 1 aromatic rings. The lowest BCUT2D eigenvalue weighted by molar-refractivity contribution is 0.307. The van der Waals surface area contributed by atoms with Crippen molar-refractivity contribution in [3.63, 3.8) is 0 Å². The van der Waals surface area contributed by atoms with Gasteiger partial charge in [0.1, 0.15) is 5.82 Å². The lowest BCUT2D eigenvalue weighted by Crippen LogP contribution is -2.15. The van der Waals surface area contributed by atoms with Crippen LogP contribution in [0.15, 0.2) is 42.5 Å². The minimum atomic E-state index is 0.0704. The fourth-order valence-electron chi connectivity index (χ4n) is 7.12. The minimum absolute atomic E-state index is 0.0704. The summed E-state index contributed by atoms with van der Waals surface area (Å²) in [4.78, 5) is 0. The van der Waals surface area contributed by atoms with Gasteiger partial charge in [-0.2, -0.15) is 0 Å². The van der Waals surface area contributed by atoms with Crippen LogP contribution >= 0.6 is 0 Å². The standard InChI is InChI=1S/C33H49F/c1-3-5-7-26-8-10-27(11-9-26)12-13-28-16-20-30(21-17-28)32-23-22-31(24-33(32)34)29-18-14-25(6-4-2)15-19-29/h5,7,12-13,22-30H,3-4,6,8-11,14-21H2,1-2H3. The third-order valence-corrected chi connectivity index (χ3v) is 9.37. The van der Waals surface area contributed by atoms with Gasteiger partial charge in [0.05, 0.1) is 0 Å². The average Bonchev–Trinajstić information content (AvgIpc) is 2.88. The Bertz CT molecular complexity index is 781. The lowest BCUT2D eigenvalue weighted by Gasteiger charge is -2.30. The number of rotatable bonds is 8. The maximum Gasteiger partial charge on any atom is 0.126 e. The van der Waals surface area contributed by atoms with Crippen molar-refractivity contribution >= 4 is 0 Å². The SMILES string of the molecule is CCC=CC1CCC(C=CC2CCC(c3ccc(C4CCC(CCC)CC4)cc3F)CC2)CC1. The molecule has 0 saturated heterocycles. The zero-order chi connectivity index (χ0) is 23.8. The van der Waals surface area contributed by atoms with Gasteiger partial charge in [-0.1, -0.05) is 63.1 Å². The molecule has 34 heavy (non-hydrogen) atoms. The molecule has 1 heteroatoms. The van der Waals surface area contributed by atoms with E-state index in [-0.39, 0.29) is 5.82 Å². The van der Waals surface area contributed by atoms with E-state index in [0.717, 1.165) is 42.6 Å². The van der Waals surface area contributed by atoms with Crippen LogP contribution in [0.2, 0.25) is 0 Å². The summed E-state index contributed by atoms with van der Waals surface area (Å²) in [5.74, 6) is 4.28. The smallest absolute Gasteiger partial charge is 0.126 e. The van der Waals surface area contributed by atoms with E-state index in [1.807, 2.05) is 6.07 Å². The zero-order valence-electron chi connectivity index (χ0n) is 22.0. The summed E-state index contributed by atoms with van der Waals surface area (Å²) in [6.07, 6.45) is 29.0. The first-order chi connectivity index (χ1) is 16.7. The van der Waals surface area contributed by atoms with Crippen LogP contribution in [0.1, 0.15) is 133 Å². The van der Waals surface area contributed by atoms with Crippen molar-refractivity contribution in [3.8, 4) is 0 Å². The van der Waals surface area contributed by atoms with Crippen LogP contribution in [0, 0.1) is 29.5 Å². The van der Waals surface area contributed by atoms with E-state index < -0.39 is 0 Å². The molecular formula is C33H49F. The molecule has 0 bridgehead atoms. The predicted molar refractivity (Wildman–Crippen MR) is 145 cm³/mol. The maximum absolute atomic E-state index is 15.2. The quantitative estimate of drug-likeness (QED) is 0.336. The van der Waals surface area contributed by atoms with Crippen LogP contribution in [0.5, 0.6) is 0 Å². The third kappa shape index (κ3) is 7.08. The van der Waals surface area contributed by atoms with Gasteiger partial charge in [-0.05, 0) is 136 Å². The van der Waals surface area contributed by atoms with Crippen molar-refractivity contribution in [2.45, 2.75) is 122 Å². The molecule has 0 radical (unpaired) electrons. The van der Waals surface area contributed by atoms with E-state index in [0.29, 0.717) is 17.8 Å². The van der Waals surface area contributed by atoms with Gasteiger partial charge in [-0.15, -0.1) is 0 Å². The molecule has 0 spiro atoms. The van der Waals surface area contributed by atoms with E-state index >= 15 is 4.39 Å². The first-order valence-corrected chi connectivity index (χ1v) is 14.8. The Morgan fingerprint density at radius 3 is 1.82 bits per heavy atom. The van der Waals surface area contributed by atoms with Crippen molar-refractivity contribution in [2.24, 2.45) is 23.7 Å². The Morgan fingerprint density at radius 1 is 0.706 bits per heavy atom. The highest BCUT2D eigenvalue weighted by molar-refractivity contribution is 5.30. The number of halogens is 1. The maximum atomic E-state index is 15.2. The summed E-state index contributed by atoms with van der Waals surface area (Å²) in [5, 5.41) is 0. The van der Waals surface area contributed by atoms with E-state index in [9.17, 15) is 0 Å². The number of allylic oxidation sites excluding steroid dienone is 4. The highest BCUT2D eigenvalue weighted by Crippen LogP contribution is 2.41. The minimum Gasteiger partial charge on any atom is -0.207 e. The molecular weight excluding hydrogens is 415 g/mol. The van der Waals surface area contributed by atoms with Crippen LogP contribution in [-0.4, -0.2) is 0 Å². The molecule has 188 valence electrons. The van der Waals surface area contributed by atoms with Crippen molar-refractivity contribution in [3.05, 3.63) is 59.4 Å². The van der Waals surface area contributed by atoms with Crippen LogP contribution in [-0.2, 0) is 0 Å². The molecule has 0 heterocycles. The van der Waals surface area contributed by atoms with Gasteiger partial charge in [0.25, 0.3) is 0 Å². The zero-order valence-corrected chi connectivity index (χ0v) is 22.0. The monoisotopic (exact) mass is 464 g/mol. The number of hydrogen-bond donors (Lipinski definition) is 0.